The Morgan fingerprint density at radius 2 is 2.29 bits per heavy atom. The van der Waals surface area contributed by atoms with Crippen LogP contribution in [0.25, 0.3) is 0 Å². The molecule has 1 saturated carbocycles. The van der Waals surface area contributed by atoms with Crippen LogP contribution >= 0.6 is 11.3 Å². The second-order valence-electron chi connectivity index (χ2n) is 4.33. The van der Waals surface area contributed by atoms with Gasteiger partial charge < -0.3 is 11.1 Å². The van der Waals surface area contributed by atoms with E-state index in [2.05, 4.69) is 24.4 Å². The van der Waals surface area contributed by atoms with Gasteiger partial charge in [-0.05, 0) is 38.3 Å². The standard InChI is InChI=1S/C11H18N2S/c1-9-3-4-10(14-9)7-13-8-11(12)5-2-6-11/h3-4,13H,2,5-8,12H2,1H3. The molecular formula is C11H18N2S. The molecule has 1 aromatic rings. The molecule has 3 heteroatoms. The average Bonchev–Trinajstić information content (AvgIpc) is 2.49. The van der Waals surface area contributed by atoms with Gasteiger partial charge in [0.25, 0.3) is 0 Å². The van der Waals surface area contributed by atoms with Crippen molar-refractivity contribution in [2.75, 3.05) is 6.54 Å². The lowest BCUT2D eigenvalue weighted by atomic mass is 9.78. The summed E-state index contributed by atoms with van der Waals surface area (Å²) in [5, 5.41) is 3.44. The van der Waals surface area contributed by atoms with Gasteiger partial charge in [0.2, 0.25) is 0 Å². The van der Waals surface area contributed by atoms with Crippen LogP contribution < -0.4 is 11.1 Å². The van der Waals surface area contributed by atoms with Gasteiger partial charge in [0.05, 0.1) is 0 Å². The number of nitrogens with two attached hydrogens (primary N) is 1. The monoisotopic (exact) mass is 210 g/mol. The minimum atomic E-state index is 0.103. The highest BCUT2D eigenvalue weighted by molar-refractivity contribution is 7.11. The molecule has 1 fully saturated rings. The molecule has 0 radical (unpaired) electrons. The fraction of sp³-hybridized carbons (Fsp3) is 0.636. The molecule has 1 heterocycles. The van der Waals surface area contributed by atoms with Gasteiger partial charge in [-0.15, -0.1) is 11.3 Å². The van der Waals surface area contributed by atoms with Gasteiger partial charge in [0, 0.05) is 28.4 Å². The van der Waals surface area contributed by atoms with E-state index in [0.29, 0.717) is 0 Å². The van der Waals surface area contributed by atoms with Crippen molar-refractivity contribution >= 4 is 11.3 Å². The van der Waals surface area contributed by atoms with Crippen molar-refractivity contribution in [3.8, 4) is 0 Å². The molecule has 1 aliphatic rings. The Morgan fingerprint density at radius 1 is 1.50 bits per heavy atom. The summed E-state index contributed by atoms with van der Waals surface area (Å²) in [5.74, 6) is 0. The maximum absolute atomic E-state index is 6.11. The molecule has 0 spiro atoms. The number of thiophene rings is 1. The zero-order valence-corrected chi connectivity index (χ0v) is 9.49. The summed E-state index contributed by atoms with van der Waals surface area (Å²) in [6, 6.07) is 4.36. The van der Waals surface area contributed by atoms with Crippen LogP contribution in [0, 0.1) is 6.92 Å². The minimum absolute atomic E-state index is 0.103. The summed E-state index contributed by atoms with van der Waals surface area (Å²) < 4.78 is 0. The summed E-state index contributed by atoms with van der Waals surface area (Å²) in [7, 11) is 0. The van der Waals surface area contributed by atoms with Crippen LogP contribution in [-0.4, -0.2) is 12.1 Å². The van der Waals surface area contributed by atoms with E-state index in [-0.39, 0.29) is 5.54 Å². The van der Waals surface area contributed by atoms with Crippen LogP contribution in [0.2, 0.25) is 0 Å². The summed E-state index contributed by atoms with van der Waals surface area (Å²) in [6.45, 7) is 4.08. The average molecular weight is 210 g/mol. The van der Waals surface area contributed by atoms with E-state index >= 15 is 0 Å². The Labute approximate surface area is 89.5 Å². The third kappa shape index (κ3) is 2.35. The van der Waals surface area contributed by atoms with Crippen molar-refractivity contribution in [3.63, 3.8) is 0 Å². The molecule has 0 saturated heterocycles. The molecule has 14 heavy (non-hydrogen) atoms. The van der Waals surface area contributed by atoms with E-state index in [1.165, 1.54) is 29.0 Å². The van der Waals surface area contributed by atoms with E-state index in [1.54, 1.807) is 0 Å². The highest BCUT2D eigenvalue weighted by atomic mass is 32.1. The topological polar surface area (TPSA) is 38.0 Å². The summed E-state index contributed by atoms with van der Waals surface area (Å²) >= 11 is 1.86. The second-order valence-corrected chi connectivity index (χ2v) is 5.70. The first-order valence-electron chi connectivity index (χ1n) is 5.23. The molecule has 1 aromatic heterocycles. The number of aryl methyl sites for hydroxylation is 1. The summed E-state index contributed by atoms with van der Waals surface area (Å²) in [6.07, 6.45) is 3.67. The lowest BCUT2D eigenvalue weighted by Crippen LogP contribution is -2.53. The van der Waals surface area contributed by atoms with E-state index in [9.17, 15) is 0 Å². The lowest BCUT2D eigenvalue weighted by Gasteiger charge is -2.38. The molecule has 2 rings (SSSR count). The first kappa shape index (κ1) is 10.1. The van der Waals surface area contributed by atoms with Crippen molar-refractivity contribution in [2.45, 2.75) is 38.3 Å². The summed E-state index contributed by atoms with van der Waals surface area (Å²) in [5.41, 5.74) is 6.22. The van der Waals surface area contributed by atoms with E-state index in [1.807, 2.05) is 11.3 Å². The first-order chi connectivity index (χ1) is 6.68. The molecule has 3 N–H and O–H groups in total. The molecule has 0 atom stereocenters. The Bertz CT molecular complexity index is 302. The van der Waals surface area contributed by atoms with Crippen molar-refractivity contribution in [2.24, 2.45) is 5.73 Å². The van der Waals surface area contributed by atoms with E-state index in [4.69, 9.17) is 5.73 Å². The van der Waals surface area contributed by atoms with Gasteiger partial charge in [-0.2, -0.15) is 0 Å². The fourth-order valence-corrected chi connectivity index (χ4v) is 2.68. The third-order valence-electron chi connectivity index (χ3n) is 2.92. The van der Waals surface area contributed by atoms with Gasteiger partial charge in [-0.1, -0.05) is 0 Å². The van der Waals surface area contributed by atoms with Crippen LogP contribution in [-0.2, 0) is 6.54 Å². The molecule has 0 bridgehead atoms. The van der Waals surface area contributed by atoms with Crippen molar-refractivity contribution in [1.29, 1.82) is 0 Å². The SMILES string of the molecule is Cc1ccc(CNCC2(N)CCC2)s1. The second kappa shape index (κ2) is 4.01. The number of nitrogens with one attached hydrogen (secondary N) is 1. The molecule has 0 amide bonds. The Kier molecular flexibility index (Phi) is 2.91. The molecule has 78 valence electrons. The number of rotatable bonds is 4. The Morgan fingerprint density at radius 3 is 2.79 bits per heavy atom. The summed E-state index contributed by atoms with van der Waals surface area (Å²) in [4.78, 5) is 2.79. The Hall–Kier alpha value is -0.380. The van der Waals surface area contributed by atoms with E-state index in [0.717, 1.165) is 13.1 Å². The van der Waals surface area contributed by atoms with Gasteiger partial charge in [0.15, 0.2) is 0 Å². The molecule has 0 aliphatic heterocycles. The molecule has 0 aromatic carbocycles. The maximum atomic E-state index is 6.11. The predicted octanol–water partition coefficient (Wildman–Crippen LogP) is 2.03. The molecular weight excluding hydrogens is 192 g/mol. The smallest absolute Gasteiger partial charge is 0.0300 e. The van der Waals surface area contributed by atoms with Crippen LogP contribution in [0.1, 0.15) is 29.0 Å². The molecule has 0 unspecified atom stereocenters. The van der Waals surface area contributed by atoms with Gasteiger partial charge >= 0.3 is 0 Å². The third-order valence-corrected chi connectivity index (χ3v) is 3.92. The maximum Gasteiger partial charge on any atom is 0.0300 e. The molecule has 2 nitrogen and oxygen atoms in total. The lowest BCUT2D eigenvalue weighted by molar-refractivity contribution is 0.239. The van der Waals surface area contributed by atoms with Gasteiger partial charge in [-0.3, -0.25) is 0 Å². The van der Waals surface area contributed by atoms with Crippen LogP contribution in [0.4, 0.5) is 0 Å². The zero-order chi connectivity index (χ0) is 10.0. The van der Waals surface area contributed by atoms with Crippen molar-refractivity contribution < 1.29 is 0 Å². The number of hydrogen-bond donors (Lipinski definition) is 2. The normalized spacial score (nSPS) is 19.3. The van der Waals surface area contributed by atoms with Gasteiger partial charge in [-0.25, -0.2) is 0 Å². The predicted molar refractivity (Wildman–Crippen MR) is 61.5 cm³/mol. The van der Waals surface area contributed by atoms with E-state index < -0.39 is 0 Å². The molecule has 1 aliphatic carbocycles. The number of hydrogen-bond acceptors (Lipinski definition) is 3. The zero-order valence-electron chi connectivity index (χ0n) is 8.68. The van der Waals surface area contributed by atoms with Crippen molar-refractivity contribution in [1.82, 2.24) is 5.32 Å². The van der Waals surface area contributed by atoms with Crippen LogP contribution in [0.15, 0.2) is 12.1 Å². The van der Waals surface area contributed by atoms with Crippen LogP contribution in [0.5, 0.6) is 0 Å². The van der Waals surface area contributed by atoms with Gasteiger partial charge in [0.1, 0.15) is 0 Å². The minimum Gasteiger partial charge on any atom is -0.324 e. The van der Waals surface area contributed by atoms with Crippen molar-refractivity contribution in [3.05, 3.63) is 21.9 Å². The Balaban J connectivity index is 1.72. The fourth-order valence-electron chi connectivity index (χ4n) is 1.82. The highest BCUT2D eigenvalue weighted by Crippen LogP contribution is 2.28. The van der Waals surface area contributed by atoms with Crippen LogP contribution in [0.3, 0.4) is 0 Å². The quantitative estimate of drug-likeness (QED) is 0.798. The largest absolute Gasteiger partial charge is 0.324 e. The first-order valence-corrected chi connectivity index (χ1v) is 6.05. The highest BCUT2D eigenvalue weighted by Gasteiger charge is 2.31.